The van der Waals surface area contributed by atoms with Crippen LogP contribution in [0, 0.1) is 63.3 Å². The molecule has 2 unspecified atom stereocenters. The third-order valence-electron chi connectivity index (χ3n) is 13.1. The number of aromatic nitrogens is 4. The van der Waals surface area contributed by atoms with Gasteiger partial charge in [-0.3, -0.25) is 4.79 Å². The first kappa shape index (κ1) is 82.4. The maximum atomic E-state index is 8.64. The van der Waals surface area contributed by atoms with E-state index < -0.39 is 0 Å². The molecule has 0 aliphatic carbocycles. The zero-order chi connectivity index (χ0) is 57.1. The molecule has 10 rings (SSSR count). The Labute approximate surface area is 612 Å². The van der Waals surface area contributed by atoms with Crippen LogP contribution in [0.4, 0.5) is 34.1 Å². The van der Waals surface area contributed by atoms with E-state index in [4.69, 9.17) is 10.1 Å². The monoisotopic (exact) mass is 1560 g/mol. The number of imidazole rings is 2. The largest absolute Gasteiger partial charge is 1.00 e. The van der Waals surface area contributed by atoms with E-state index in [0.717, 1.165) is 40.7 Å². The van der Waals surface area contributed by atoms with Gasteiger partial charge in [-0.05, 0) is 117 Å². The molecule has 1 radical (unpaired) electrons. The van der Waals surface area contributed by atoms with Crippen LogP contribution in [-0.4, -0.2) is 35.4 Å². The standard InChI is InChI=1S/C23H22N4.C23H21N4.2C6H14.C3H9P.C3H7.CH2O3.2K.2Os.H3P.H/c2*1-17-12-18(26-15-24(2)20-8-4-6-10-22(20)26)14-19(13-17)27-16-25(3)21-9-5-7-11-23(21)27;2*1-5(2)6(3)4;1-3(2)4;1-3-2;2-1-4-3;;;;;;/h4-16H,1-3H3;4-13,15-16H,1-3H3;2*5-6H,1-4H3;3H,4H2,1-2H3;3H,1-2H3;1,3H;;;;;1H3;/q+2;-3;;;;-1;;2*+1;;+1;;-1/p-1. The molecular weight excluding hydrogens is 1460 g/mol. The van der Waals surface area contributed by atoms with Crippen LogP contribution in [0.5, 0.6) is 0 Å². The molecule has 11 nitrogen and oxygen atoms in total. The van der Waals surface area contributed by atoms with Crippen LogP contribution in [-0.2, 0) is 63.4 Å². The number of anilines is 6. The van der Waals surface area contributed by atoms with Crippen molar-refractivity contribution in [3.8, 4) is 11.4 Å². The van der Waals surface area contributed by atoms with Crippen molar-refractivity contribution >= 4 is 81.8 Å². The summed E-state index contributed by atoms with van der Waals surface area (Å²) in [5, 5.41) is 8.43. The van der Waals surface area contributed by atoms with Gasteiger partial charge in [-0.25, -0.2) is 9.13 Å². The Morgan fingerprint density at radius 1 is 0.585 bits per heavy atom. The molecule has 6 aromatic carbocycles. The van der Waals surface area contributed by atoms with Gasteiger partial charge < -0.3 is 37.6 Å². The SMILES string of the molecule is CC(C)C(C)C.CC(C)C(C)C.CC(C)P.C[CH-]C.Cc1cc(-n2c[n+](C)c3ccccc32)cc(-n2c[n+](C)c3ccccc32)c1.Cc1cc(N2[CH-]N(C)c3ccccc32)[c-]c(N2[CH-]N(C)c3ccccc32)c1.O=CO[O-].P.[H-].[K+].[K+].[Os+].[Os]. The topological polar surface area (TPSA) is 79.9 Å². The van der Waals surface area contributed by atoms with Crippen molar-refractivity contribution in [1.29, 1.82) is 0 Å². The summed E-state index contributed by atoms with van der Waals surface area (Å²) in [4.78, 5) is 20.0. The third kappa shape index (κ3) is 24.1. The van der Waals surface area contributed by atoms with E-state index in [0.29, 0.717) is 0 Å². The first-order valence-electron chi connectivity index (χ1n) is 26.8. The minimum absolute atomic E-state index is 0. The molecule has 2 aromatic heterocycles. The molecule has 0 fully saturated rings. The summed E-state index contributed by atoms with van der Waals surface area (Å²) in [6.45, 7) is 34.5. The van der Waals surface area contributed by atoms with Gasteiger partial charge in [0.2, 0.25) is 12.7 Å². The van der Waals surface area contributed by atoms with Crippen LogP contribution in [0.1, 0.15) is 95.6 Å². The van der Waals surface area contributed by atoms with Gasteiger partial charge in [-0.15, -0.1) is 38.8 Å². The number of hydrogen-bond donors (Lipinski definition) is 0. The molecule has 0 saturated carbocycles. The number of aryl methyl sites for hydroxylation is 4. The molecular formula is C65H92K2N8O3Os2P2-. The number of rotatable bonds is 7. The Balaban J connectivity index is -0.00000107. The summed E-state index contributed by atoms with van der Waals surface area (Å²) in [5.74, 6) is 3.41. The van der Waals surface area contributed by atoms with Crippen LogP contribution in [0.2, 0.25) is 0 Å². The molecule has 0 bridgehead atoms. The van der Waals surface area contributed by atoms with Crippen molar-refractivity contribution in [1.82, 2.24) is 9.13 Å². The molecule has 82 heavy (non-hydrogen) atoms. The summed E-state index contributed by atoms with van der Waals surface area (Å²) in [7, 11) is 11.0. The molecule has 0 N–H and O–H groups in total. The van der Waals surface area contributed by atoms with Crippen LogP contribution in [0.15, 0.2) is 140 Å². The van der Waals surface area contributed by atoms with E-state index in [9.17, 15) is 0 Å². The van der Waals surface area contributed by atoms with Crippen LogP contribution >= 0.6 is 19.1 Å². The van der Waals surface area contributed by atoms with Crippen LogP contribution in [0.3, 0.4) is 0 Å². The number of fused-ring (bicyclic) bond motifs is 4. The van der Waals surface area contributed by atoms with Gasteiger partial charge >= 0.3 is 123 Å². The predicted octanol–water partition coefficient (Wildman–Crippen LogP) is 8.45. The third-order valence-corrected chi connectivity index (χ3v) is 13.1. The first-order valence-corrected chi connectivity index (χ1v) is 27.5. The minimum atomic E-state index is -0.181. The number of carbonyl (C=O) groups is 1. The quantitative estimate of drug-likeness (QED) is 0.0302. The minimum Gasteiger partial charge on any atom is -1.00 e. The average Bonchev–Trinajstić information content (AvgIpc) is 4.31. The average molecular weight is 1550 g/mol. The Kier molecular flexibility index (Phi) is 41.6. The van der Waals surface area contributed by atoms with Crippen molar-refractivity contribution < 1.29 is 168 Å². The fourth-order valence-electron chi connectivity index (χ4n) is 7.81. The van der Waals surface area contributed by atoms with E-state index in [1.807, 2.05) is 20.3 Å². The summed E-state index contributed by atoms with van der Waals surface area (Å²) >= 11 is 0. The molecule has 8 aromatic rings. The zero-order valence-corrected chi connectivity index (χ0v) is 66.7. The van der Waals surface area contributed by atoms with E-state index in [2.05, 4.69) is 323 Å². The van der Waals surface area contributed by atoms with Gasteiger partial charge in [-0.2, -0.15) is 51.8 Å². The molecule has 2 aliphatic heterocycles. The van der Waals surface area contributed by atoms with Crippen molar-refractivity contribution in [2.24, 2.45) is 37.8 Å². The van der Waals surface area contributed by atoms with Crippen LogP contribution in [0.25, 0.3) is 33.4 Å². The molecule has 2 aliphatic rings. The summed E-state index contributed by atoms with van der Waals surface area (Å²) in [5.41, 5.74) is 17.2. The van der Waals surface area contributed by atoms with E-state index in [1.165, 1.54) is 67.3 Å². The van der Waals surface area contributed by atoms with Crippen LogP contribution < -0.4 is 137 Å². The van der Waals surface area contributed by atoms with E-state index >= 15 is 0 Å². The predicted molar refractivity (Wildman–Crippen MR) is 339 cm³/mol. The fourth-order valence-corrected chi connectivity index (χ4v) is 7.81. The number of para-hydroxylation sites is 8. The summed E-state index contributed by atoms with van der Waals surface area (Å²) in [6, 6.07) is 48.6. The maximum absolute atomic E-state index is 8.64. The van der Waals surface area contributed by atoms with Gasteiger partial charge in [0.15, 0.2) is 22.1 Å². The van der Waals surface area contributed by atoms with E-state index in [-0.39, 0.29) is 160 Å². The molecule has 2 atom stereocenters. The Bertz CT molecular complexity index is 2900. The second kappa shape index (κ2) is 41.4. The number of carbonyl (C=O) groups excluding carboxylic acids is 1. The second-order valence-corrected chi connectivity index (χ2v) is 22.6. The molecule has 0 spiro atoms. The smallest absolute Gasteiger partial charge is 1.00 e. The Hall–Kier alpha value is -1.70. The first-order chi connectivity index (χ1) is 36.6. The van der Waals surface area contributed by atoms with Gasteiger partial charge in [0.25, 0.3) is 6.47 Å². The van der Waals surface area contributed by atoms with Crippen molar-refractivity contribution in [3.05, 3.63) is 177 Å². The van der Waals surface area contributed by atoms with Gasteiger partial charge in [0.05, 0.1) is 14.1 Å². The number of nitrogens with zero attached hydrogens (tertiary/aromatic N) is 8. The van der Waals surface area contributed by atoms with Crippen molar-refractivity contribution in [2.75, 3.05) is 33.7 Å². The molecule has 4 heterocycles. The second-order valence-electron chi connectivity index (χ2n) is 21.3. The molecule has 439 valence electrons. The van der Waals surface area contributed by atoms with Crippen molar-refractivity contribution in [3.63, 3.8) is 0 Å². The number of hydrogen-bond acceptors (Lipinski definition) is 7. The van der Waals surface area contributed by atoms with E-state index in [1.54, 1.807) is 0 Å². The summed E-state index contributed by atoms with van der Waals surface area (Å²) < 4.78 is 8.86. The summed E-state index contributed by atoms with van der Waals surface area (Å²) in [6.07, 6.45) is 6.30. The molecule has 17 heteroatoms. The van der Waals surface area contributed by atoms with Gasteiger partial charge in [-0.1, -0.05) is 125 Å². The van der Waals surface area contributed by atoms with Gasteiger partial charge in [0, 0.05) is 48.6 Å². The fraction of sp³-hybridized carbons (Fsp3) is 0.354. The molecule has 0 saturated heterocycles. The number of benzene rings is 6. The van der Waals surface area contributed by atoms with Crippen molar-refractivity contribution in [2.45, 2.75) is 103 Å². The normalized spacial score (nSPS) is 11.4. The Morgan fingerprint density at radius 2 is 0.866 bits per heavy atom. The molecule has 0 amide bonds. The Morgan fingerprint density at radius 3 is 1.17 bits per heavy atom. The van der Waals surface area contributed by atoms with Gasteiger partial charge in [0.1, 0.15) is 11.4 Å². The zero-order valence-electron chi connectivity index (χ0n) is 53.8. The maximum Gasteiger partial charge on any atom is 1.00 e.